The summed E-state index contributed by atoms with van der Waals surface area (Å²) < 4.78 is 0. The van der Waals surface area contributed by atoms with E-state index in [1.54, 1.807) is 6.92 Å². The molecular weight excluding hydrogens is 184 g/mol. The van der Waals surface area contributed by atoms with E-state index in [0.29, 0.717) is 11.7 Å². The lowest BCUT2D eigenvalue weighted by molar-refractivity contribution is -0.122. The van der Waals surface area contributed by atoms with Crippen LogP contribution in [0.25, 0.3) is 0 Å². The van der Waals surface area contributed by atoms with Crippen LogP contribution in [0.15, 0.2) is 24.3 Å². The highest BCUT2D eigenvalue weighted by Crippen LogP contribution is 2.33. The molecule has 80 valence electrons. The number of hydrogen-bond donors (Lipinski definition) is 0. The average Bonchev–Trinajstić information content (AvgIpc) is 2.61. The molecule has 0 spiro atoms. The highest BCUT2D eigenvalue weighted by molar-refractivity contribution is 5.78. The molecule has 1 atom stereocenters. The van der Waals surface area contributed by atoms with E-state index >= 15 is 0 Å². The van der Waals surface area contributed by atoms with Gasteiger partial charge in [0.25, 0.3) is 0 Å². The Morgan fingerprint density at radius 2 is 1.87 bits per heavy atom. The van der Waals surface area contributed by atoms with E-state index in [2.05, 4.69) is 31.2 Å². The van der Waals surface area contributed by atoms with Gasteiger partial charge >= 0.3 is 0 Å². The molecule has 15 heavy (non-hydrogen) atoms. The lowest BCUT2D eigenvalue weighted by Gasteiger charge is -2.18. The van der Waals surface area contributed by atoms with Crippen molar-refractivity contribution in [2.24, 2.45) is 11.8 Å². The average molecular weight is 202 g/mol. The molecule has 1 unspecified atom stereocenters. The van der Waals surface area contributed by atoms with Gasteiger partial charge in [-0.3, -0.25) is 4.79 Å². The SMILES string of the molecule is CCC(C(C)=O)C1Cc2ccccc2C1. The number of carbonyl (C=O) groups is 1. The Bertz CT molecular complexity index is 342. The summed E-state index contributed by atoms with van der Waals surface area (Å²) in [6.07, 6.45) is 3.16. The first-order valence-electron chi connectivity index (χ1n) is 5.79. The maximum atomic E-state index is 11.5. The van der Waals surface area contributed by atoms with Crippen LogP contribution >= 0.6 is 0 Å². The lowest BCUT2D eigenvalue weighted by Crippen LogP contribution is -2.21. The van der Waals surface area contributed by atoms with Gasteiger partial charge in [0, 0.05) is 5.92 Å². The highest BCUT2D eigenvalue weighted by atomic mass is 16.1. The molecule has 0 aliphatic heterocycles. The van der Waals surface area contributed by atoms with Gasteiger partial charge < -0.3 is 0 Å². The van der Waals surface area contributed by atoms with Crippen molar-refractivity contribution in [2.45, 2.75) is 33.1 Å². The van der Waals surface area contributed by atoms with Crippen LogP contribution < -0.4 is 0 Å². The molecule has 2 rings (SSSR count). The van der Waals surface area contributed by atoms with Crippen molar-refractivity contribution in [1.82, 2.24) is 0 Å². The second-order valence-corrected chi connectivity index (χ2v) is 4.56. The minimum atomic E-state index is 0.261. The van der Waals surface area contributed by atoms with Crippen molar-refractivity contribution >= 4 is 5.78 Å². The molecule has 1 aliphatic rings. The zero-order chi connectivity index (χ0) is 10.8. The van der Waals surface area contributed by atoms with Crippen LogP contribution in [0.4, 0.5) is 0 Å². The Balaban J connectivity index is 2.15. The molecule has 1 aromatic rings. The predicted molar refractivity (Wildman–Crippen MR) is 61.8 cm³/mol. The highest BCUT2D eigenvalue weighted by Gasteiger charge is 2.29. The van der Waals surface area contributed by atoms with Crippen LogP contribution in [0.1, 0.15) is 31.4 Å². The molecule has 1 nitrogen and oxygen atoms in total. The van der Waals surface area contributed by atoms with E-state index in [4.69, 9.17) is 0 Å². The summed E-state index contributed by atoms with van der Waals surface area (Å²) in [7, 11) is 0. The summed E-state index contributed by atoms with van der Waals surface area (Å²) in [5.41, 5.74) is 2.89. The molecule has 0 saturated carbocycles. The Hall–Kier alpha value is -1.11. The number of hydrogen-bond acceptors (Lipinski definition) is 1. The number of Topliss-reactive ketones (excluding diaryl/α,β-unsaturated/α-hetero) is 1. The molecule has 0 amide bonds. The van der Waals surface area contributed by atoms with Crippen LogP contribution in [0, 0.1) is 11.8 Å². The standard InChI is InChI=1S/C14H18O/c1-3-14(10(2)15)13-8-11-6-4-5-7-12(11)9-13/h4-7,13-14H,3,8-9H2,1-2H3. The smallest absolute Gasteiger partial charge is 0.133 e. The van der Waals surface area contributed by atoms with Gasteiger partial charge in [0.05, 0.1) is 0 Å². The van der Waals surface area contributed by atoms with Crippen molar-refractivity contribution in [3.8, 4) is 0 Å². The van der Waals surface area contributed by atoms with Crippen LogP contribution in [0.2, 0.25) is 0 Å². The van der Waals surface area contributed by atoms with E-state index in [1.165, 1.54) is 11.1 Å². The third-order valence-corrected chi connectivity index (χ3v) is 3.61. The molecule has 0 heterocycles. The third kappa shape index (κ3) is 1.97. The second-order valence-electron chi connectivity index (χ2n) is 4.56. The number of ketones is 1. The summed E-state index contributed by atoms with van der Waals surface area (Å²) >= 11 is 0. The van der Waals surface area contributed by atoms with E-state index in [-0.39, 0.29) is 5.92 Å². The van der Waals surface area contributed by atoms with Gasteiger partial charge in [-0.15, -0.1) is 0 Å². The van der Waals surface area contributed by atoms with Crippen molar-refractivity contribution in [1.29, 1.82) is 0 Å². The van der Waals surface area contributed by atoms with E-state index in [1.807, 2.05) is 0 Å². The summed E-state index contributed by atoms with van der Waals surface area (Å²) in [6, 6.07) is 8.58. The number of fused-ring (bicyclic) bond motifs is 1. The van der Waals surface area contributed by atoms with Gasteiger partial charge in [-0.2, -0.15) is 0 Å². The summed E-state index contributed by atoms with van der Waals surface area (Å²) in [5, 5.41) is 0. The Kier molecular flexibility index (Phi) is 2.90. The van der Waals surface area contributed by atoms with Gasteiger partial charge in [0.15, 0.2) is 0 Å². The number of rotatable bonds is 3. The lowest BCUT2D eigenvalue weighted by atomic mass is 9.85. The summed E-state index contributed by atoms with van der Waals surface area (Å²) in [6.45, 7) is 3.85. The Morgan fingerprint density at radius 3 is 2.27 bits per heavy atom. The van der Waals surface area contributed by atoms with Crippen molar-refractivity contribution < 1.29 is 4.79 Å². The van der Waals surface area contributed by atoms with Crippen LogP contribution in [-0.4, -0.2) is 5.78 Å². The first-order chi connectivity index (χ1) is 7.22. The molecule has 0 bridgehead atoms. The molecule has 1 aliphatic carbocycles. The monoisotopic (exact) mass is 202 g/mol. The minimum Gasteiger partial charge on any atom is -0.300 e. The van der Waals surface area contributed by atoms with Crippen molar-refractivity contribution in [3.63, 3.8) is 0 Å². The van der Waals surface area contributed by atoms with E-state index in [9.17, 15) is 4.79 Å². The largest absolute Gasteiger partial charge is 0.300 e. The maximum absolute atomic E-state index is 11.5. The zero-order valence-electron chi connectivity index (χ0n) is 9.49. The normalized spacial score (nSPS) is 17.5. The predicted octanol–water partition coefficient (Wildman–Crippen LogP) is 3.02. The third-order valence-electron chi connectivity index (χ3n) is 3.61. The van der Waals surface area contributed by atoms with Crippen molar-refractivity contribution in [3.05, 3.63) is 35.4 Å². The molecular formula is C14H18O. The molecule has 0 radical (unpaired) electrons. The fraction of sp³-hybridized carbons (Fsp3) is 0.500. The Morgan fingerprint density at radius 1 is 1.33 bits per heavy atom. The quantitative estimate of drug-likeness (QED) is 0.736. The zero-order valence-corrected chi connectivity index (χ0v) is 9.49. The van der Waals surface area contributed by atoms with Gasteiger partial charge in [0.1, 0.15) is 5.78 Å². The van der Waals surface area contributed by atoms with E-state index < -0.39 is 0 Å². The first-order valence-corrected chi connectivity index (χ1v) is 5.79. The number of carbonyl (C=O) groups excluding carboxylic acids is 1. The maximum Gasteiger partial charge on any atom is 0.133 e. The van der Waals surface area contributed by atoms with Gasteiger partial charge in [-0.1, -0.05) is 31.2 Å². The topological polar surface area (TPSA) is 17.1 Å². The molecule has 0 fully saturated rings. The van der Waals surface area contributed by atoms with Crippen LogP contribution in [0.5, 0.6) is 0 Å². The second kappa shape index (κ2) is 4.18. The fourth-order valence-electron chi connectivity index (χ4n) is 2.83. The van der Waals surface area contributed by atoms with E-state index in [0.717, 1.165) is 19.3 Å². The number of benzene rings is 1. The van der Waals surface area contributed by atoms with Gasteiger partial charge in [0.2, 0.25) is 0 Å². The molecule has 1 heteroatoms. The summed E-state index contributed by atoms with van der Waals surface area (Å²) in [4.78, 5) is 11.5. The molecule has 1 aromatic carbocycles. The first kappa shape index (κ1) is 10.4. The summed E-state index contributed by atoms with van der Waals surface area (Å²) in [5.74, 6) is 1.16. The minimum absolute atomic E-state index is 0.261. The van der Waals surface area contributed by atoms with Crippen LogP contribution in [0.3, 0.4) is 0 Å². The molecule has 0 saturated heterocycles. The Labute approximate surface area is 91.5 Å². The molecule has 0 aromatic heterocycles. The molecule has 0 N–H and O–H groups in total. The van der Waals surface area contributed by atoms with Crippen LogP contribution in [-0.2, 0) is 17.6 Å². The van der Waals surface area contributed by atoms with Crippen molar-refractivity contribution in [2.75, 3.05) is 0 Å². The fourth-order valence-corrected chi connectivity index (χ4v) is 2.83. The van der Waals surface area contributed by atoms with Gasteiger partial charge in [-0.25, -0.2) is 0 Å². The van der Waals surface area contributed by atoms with Gasteiger partial charge in [-0.05, 0) is 43.2 Å².